The van der Waals surface area contributed by atoms with E-state index >= 15 is 0 Å². The molecule has 3 aliphatic rings. The molecule has 0 aromatic rings. The van der Waals surface area contributed by atoms with Gasteiger partial charge in [0.15, 0.2) is 0 Å². The van der Waals surface area contributed by atoms with Crippen molar-refractivity contribution in [1.82, 2.24) is 0 Å². The molecular weight excluding hydrogens is 200 g/mol. The number of carbonyl (C=O) groups is 1. The molecule has 84 valence electrons. The first-order chi connectivity index (χ1) is 7.15. The second-order valence-electron chi connectivity index (χ2n) is 4.51. The normalized spacial score (nSPS) is 53.6. The topological polar surface area (TPSA) is 71.6 Å². The summed E-state index contributed by atoms with van der Waals surface area (Å²) in [6, 6.07) is 0. The predicted octanol–water partition coefficient (Wildman–Crippen LogP) is -0.392. The SMILES string of the molecule is C[C@@H]1C[C@@H]2O[C@@H]2[C@@H]2O[C@@H]2[C@@H](O)CC(=O)O1. The summed E-state index contributed by atoms with van der Waals surface area (Å²) in [5.74, 6) is -0.358. The summed E-state index contributed by atoms with van der Waals surface area (Å²) in [4.78, 5) is 11.3. The van der Waals surface area contributed by atoms with Crippen LogP contribution in [0.5, 0.6) is 0 Å². The van der Waals surface area contributed by atoms with Gasteiger partial charge in [-0.2, -0.15) is 0 Å². The molecule has 1 N–H and O–H groups in total. The Morgan fingerprint density at radius 1 is 1.27 bits per heavy atom. The van der Waals surface area contributed by atoms with Crippen LogP contribution < -0.4 is 0 Å². The minimum absolute atomic E-state index is 0.0110. The summed E-state index contributed by atoms with van der Waals surface area (Å²) in [7, 11) is 0. The lowest BCUT2D eigenvalue weighted by atomic mass is 10.0. The fourth-order valence-corrected chi connectivity index (χ4v) is 2.28. The second kappa shape index (κ2) is 3.17. The number of epoxide rings is 2. The molecule has 0 aliphatic carbocycles. The van der Waals surface area contributed by atoms with Crippen molar-refractivity contribution < 1.29 is 24.1 Å². The van der Waals surface area contributed by atoms with Gasteiger partial charge in [0.1, 0.15) is 24.4 Å². The maximum Gasteiger partial charge on any atom is 0.308 e. The molecule has 3 aliphatic heterocycles. The third-order valence-corrected chi connectivity index (χ3v) is 3.16. The molecule has 0 saturated carbocycles. The maximum atomic E-state index is 11.3. The van der Waals surface area contributed by atoms with Crippen molar-refractivity contribution in [2.24, 2.45) is 0 Å². The van der Waals surface area contributed by atoms with E-state index < -0.39 is 6.10 Å². The van der Waals surface area contributed by atoms with Gasteiger partial charge in [-0.25, -0.2) is 0 Å². The maximum absolute atomic E-state index is 11.3. The first-order valence-corrected chi connectivity index (χ1v) is 5.33. The smallest absolute Gasteiger partial charge is 0.308 e. The molecule has 15 heavy (non-hydrogen) atoms. The number of carbonyl (C=O) groups excluding carboxylic acids is 1. The van der Waals surface area contributed by atoms with Gasteiger partial charge in [0.2, 0.25) is 0 Å². The van der Waals surface area contributed by atoms with Crippen molar-refractivity contribution in [3.05, 3.63) is 0 Å². The van der Waals surface area contributed by atoms with Gasteiger partial charge < -0.3 is 19.3 Å². The zero-order valence-corrected chi connectivity index (χ0v) is 8.46. The van der Waals surface area contributed by atoms with Gasteiger partial charge in [-0.05, 0) is 6.92 Å². The molecule has 3 saturated heterocycles. The van der Waals surface area contributed by atoms with E-state index in [2.05, 4.69) is 0 Å². The molecule has 0 amide bonds. The fraction of sp³-hybridized carbons (Fsp3) is 0.900. The first kappa shape index (κ1) is 9.57. The lowest BCUT2D eigenvalue weighted by molar-refractivity contribution is -0.151. The molecule has 6 atom stereocenters. The van der Waals surface area contributed by atoms with Crippen LogP contribution in [0.2, 0.25) is 0 Å². The van der Waals surface area contributed by atoms with E-state index in [4.69, 9.17) is 14.2 Å². The van der Waals surface area contributed by atoms with E-state index in [0.29, 0.717) is 0 Å². The molecule has 0 radical (unpaired) electrons. The predicted molar refractivity (Wildman–Crippen MR) is 48.1 cm³/mol. The number of ether oxygens (including phenoxy) is 3. The molecule has 0 aromatic carbocycles. The van der Waals surface area contributed by atoms with Crippen LogP contribution >= 0.6 is 0 Å². The Hall–Kier alpha value is -0.650. The van der Waals surface area contributed by atoms with Gasteiger partial charge in [-0.1, -0.05) is 0 Å². The number of hydrogen-bond acceptors (Lipinski definition) is 5. The molecular formula is C10H14O5. The lowest BCUT2D eigenvalue weighted by Gasteiger charge is -2.14. The molecule has 0 aromatic heterocycles. The van der Waals surface area contributed by atoms with E-state index in [1.165, 1.54) is 0 Å². The van der Waals surface area contributed by atoms with Gasteiger partial charge >= 0.3 is 5.97 Å². The Balaban J connectivity index is 1.70. The number of aliphatic hydroxyl groups is 1. The summed E-state index contributed by atoms with van der Waals surface area (Å²) >= 11 is 0. The van der Waals surface area contributed by atoms with Crippen molar-refractivity contribution >= 4 is 5.97 Å². The first-order valence-electron chi connectivity index (χ1n) is 5.33. The van der Waals surface area contributed by atoms with Crippen molar-refractivity contribution in [1.29, 1.82) is 0 Å². The quantitative estimate of drug-likeness (QED) is 0.439. The summed E-state index contributed by atoms with van der Waals surface area (Å²) in [5, 5.41) is 9.65. The third kappa shape index (κ3) is 1.75. The minimum atomic E-state index is -0.752. The molecule has 3 rings (SSSR count). The number of aliphatic hydroxyl groups excluding tert-OH is 1. The average molecular weight is 214 g/mol. The van der Waals surface area contributed by atoms with Crippen molar-refractivity contribution in [3.8, 4) is 0 Å². The van der Waals surface area contributed by atoms with E-state index in [1.807, 2.05) is 6.92 Å². The van der Waals surface area contributed by atoms with Crippen molar-refractivity contribution in [3.63, 3.8) is 0 Å². The van der Waals surface area contributed by atoms with E-state index in [9.17, 15) is 9.90 Å². The standard InChI is InChI=1S/C10H14O5/c1-4-2-6-9(14-6)10-8(15-10)5(11)3-7(12)13-4/h4-6,8-11H,2-3H2,1H3/t4-,5+,6+,8-,9+,10-/m1/s1. The van der Waals surface area contributed by atoms with Crippen LogP contribution in [-0.4, -0.2) is 47.7 Å². The van der Waals surface area contributed by atoms with E-state index in [-0.39, 0.29) is 42.9 Å². The molecule has 5 nitrogen and oxygen atoms in total. The van der Waals surface area contributed by atoms with Gasteiger partial charge in [-0.15, -0.1) is 0 Å². The Morgan fingerprint density at radius 2 is 2.07 bits per heavy atom. The highest BCUT2D eigenvalue weighted by atomic mass is 16.7. The molecule has 0 bridgehead atoms. The van der Waals surface area contributed by atoms with Crippen LogP contribution in [0, 0.1) is 0 Å². The number of hydrogen-bond donors (Lipinski definition) is 1. The molecule has 0 spiro atoms. The number of rotatable bonds is 0. The van der Waals surface area contributed by atoms with Crippen LogP contribution in [0.3, 0.4) is 0 Å². The van der Waals surface area contributed by atoms with Crippen molar-refractivity contribution in [2.75, 3.05) is 0 Å². The summed E-state index contributed by atoms with van der Waals surface area (Å²) in [5.41, 5.74) is 0. The van der Waals surface area contributed by atoms with Gasteiger partial charge in [0.05, 0.1) is 18.6 Å². The molecule has 3 fully saturated rings. The molecule has 5 heteroatoms. The minimum Gasteiger partial charge on any atom is -0.462 e. The largest absolute Gasteiger partial charge is 0.462 e. The highest BCUT2D eigenvalue weighted by Crippen LogP contribution is 2.43. The Morgan fingerprint density at radius 3 is 2.87 bits per heavy atom. The second-order valence-corrected chi connectivity index (χ2v) is 4.51. The van der Waals surface area contributed by atoms with Crippen LogP contribution in [0.4, 0.5) is 0 Å². The number of esters is 1. The summed E-state index contributed by atoms with van der Waals surface area (Å²) in [6.07, 6.45) is -0.171. The Labute approximate surface area is 87.3 Å². The highest BCUT2D eigenvalue weighted by molar-refractivity contribution is 5.70. The summed E-state index contributed by atoms with van der Waals surface area (Å²) < 4.78 is 15.9. The van der Waals surface area contributed by atoms with Crippen LogP contribution in [0.1, 0.15) is 19.8 Å². The van der Waals surface area contributed by atoms with Crippen LogP contribution in [0.25, 0.3) is 0 Å². The van der Waals surface area contributed by atoms with Crippen LogP contribution in [-0.2, 0) is 19.0 Å². The highest BCUT2D eigenvalue weighted by Gasteiger charge is 2.60. The lowest BCUT2D eigenvalue weighted by Crippen LogP contribution is -2.28. The zero-order valence-electron chi connectivity index (χ0n) is 8.46. The van der Waals surface area contributed by atoms with Gasteiger partial charge in [-0.3, -0.25) is 4.79 Å². The summed E-state index contributed by atoms with van der Waals surface area (Å²) in [6.45, 7) is 1.84. The van der Waals surface area contributed by atoms with E-state index in [0.717, 1.165) is 6.42 Å². The van der Waals surface area contributed by atoms with E-state index in [1.54, 1.807) is 0 Å². The average Bonchev–Trinajstić information content (AvgIpc) is 2.92. The Bertz CT molecular complexity index is 292. The third-order valence-electron chi connectivity index (χ3n) is 3.16. The zero-order chi connectivity index (χ0) is 10.6. The van der Waals surface area contributed by atoms with Crippen LogP contribution in [0.15, 0.2) is 0 Å². The van der Waals surface area contributed by atoms with Crippen molar-refractivity contribution in [2.45, 2.75) is 56.4 Å². The molecule has 0 unspecified atom stereocenters. The fourth-order valence-electron chi connectivity index (χ4n) is 2.28. The number of cyclic esters (lactones) is 1. The number of fused-ring (bicyclic) bond motifs is 3. The van der Waals surface area contributed by atoms with Gasteiger partial charge in [0.25, 0.3) is 0 Å². The van der Waals surface area contributed by atoms with Gasteiger partial charge in [0, 0.05) is 6.42 Å². The monoisotopic (exact) mass is 214 g/mol. The molecule has 3 heterocycles. The Kier molecular flexibility index (Phi) is 2.02.